The third-order valence-corrected chi connectivity index (χ3v) is 7.28. The lowest BCUT2D eigenvalue weighted by molar-refractivity contribution is -0.137. The summed E-state index contributed by atoms with van der Waals surface area (Å²) < 4.78 is 1.94. The Hall–Kier alpha value is -4.29. The van der Waals surface area contributed by atoms with Gasteiger partial charge in [0.05, 0.1) is 23.4 Å². The molecule has 9 heteroatoms. The number of thiophene rings is 1. The zero-order valence-corrected chi connectivity index (χ0v) is 20.2. The van der Waals surface area contributed by atoms with Gasteiger partial charge in [0.15, 0.2) is 5.82 Å². The van der Waals surface area contributed by atoms with Crippen molar-refractivity contribution in [2.75, 3.05) is 5.32 Å². The summed E-state index contributed by atoms with van der Waals surface area (Å²) in [5, 5.41) is 31.7. The van der Waals surface area contributed by atoms with E-state index < -0.39 is 12.0 Å². The molecule has 8 nitrogen and oxygen atoms in total. The maximum atomic E-state index is 11.7. The number of benzene rings is 2. The quantitative estimate of drug-likeness (QED) is 0.402. The maximum absolute atomic E-state index is 11.7. The number of hydrogen-bond donors (Lipinski definition) is 2. The minimum Gasteiger partial charge on any atom is -0.481 e. The number of hydrogen-bond acceptors (Lipinski definition) is 7. The molecule has 0 bridgehead atoms. The first-order valence-corrected chi connectivity index (χ1v) is 11.9. The van der Waals surface area contributed by atoms with Gasteiger partial charge in [0.1, 0.15) is 22.9 Å². The fourth-order valence-corrected chi connectivity index (χ4v) is 5.46. The zero-order valence-electron chi connectivity index (χ0n) is 19.4. The second kappa shape index (κ2) is 8.81. The number of fused-ring (bicyclic) bond motifs is 3. The molecule has 4 aromatic rings. The average molecular weight is 483 g/mol. The van der Waals surface area contributed by atoms with E-state index in [1.54, 1.807) is 17.4 Å². The van der Waals surface area contributed by atoms with Gasteiger partial charge < -0.3 is 10.4 Å². The van der Waals surface area contributed by atoms with Crippen LogP contribution in [-0.2, 0) is 4.79 Å². The Morgan fingerprint density at radius 3 is 2.60 bits per heavy atom. The van der Waals surface area contributed by atoms with Crippen molar-refractivity contribution < 1.29 is 9.90 Å². The van der Waals surface area contributed by atoms with Gasteiger partial charge >= 0.3 is 5.97 Å². The average Bonchev–Trinajstić information content (AvgIpc) is 3.32. The number of rotatable bonds is 5. The van der Waals surface area contributed by atoms with E-state index in [2.05, 4.69) is 35.4 Å². The van der Waals surface area contributed by atoms with E-state index in [9.17, 15) is 15.2 Å². The summed E-state index contributed by atoms with van der Waals surface area (Å²) in [6.45, 7) is 6.00. The largest absolute Gasteiger partial charge is 0.481 e. The number of aliphatic carboxylic acids is 1. The Balaban J connectivity index is 1.61. The molecule has 0 aliphatic carbocycles. The van der Waals surface area contributed by atoms with Crippen LogP contribution in [0.25, 0.3) is 5.00 Å². The summed E-state index contributed by atoms with van der Waals surface area (Å²) >= 11 is 1.63. The van der Waals surface area contributed by atoms with E-state index >= 15 is 0 Å². The van der Waals surface area contributed by atoms with E-state index in [-0.39, 0.29) is 6.42 Å². The molecular weight excluding hydrogens is 460 g/mol. The summed E-state index contributed by atoms with van der Waals surface area (Å²) in [5.41, 5.74) is 5.81. The number of nitrogens with zero attached hydrogens (tertiary/aromatic N) is 5. The number of carboxylic acids is 1. The maximum Gasteiger partial charge on any atom is 0.306 e. The Morgan fingerprint density at radius 2 is 1.89 bits per heavy atom. The van der Waals surface area contributed by atoms with Gasteiger partial charge in [-0.25, -0.2) is 0 Å². The van der Waals surface area contributed by atoms with Crippen molar-refractivity contribution in [1.29, 1.82) is 5.26 Å². The molecule has 5 rings (SSSR count). The van der Waals surface area contributed by atoms with E-state index in [1.807, 2.05) is 54.0 Å². The van der Waals surface area contributed by atoms with E-state index in [0.717, 1.165) is 43.7 Å². The van der Waals surface area contributed by atoms with Gasteiger partial charge in [-0.05, 0) is 50.6 Å². The normalized spacial score (nSPS) is 14.3. The van der Waals surface area contributed by atoms with Crippen molar-refractivity contribution in [3.63, 3.8) is 0 Å². The van der Waals surface area contributed by atoms with Gasteiger partial charge in [-0.2, -0.15) is 5.26 Å². The Morgan fingerprint density at radius 1 is 1.14 bits per heavy atom. The minimum atomic E-state index is -0.945. The number of aromatic nitrogens is 3. The third kappa shape index (κ3) is 3.98. The Kier molecular flexibility index (Phi) is 5.67. The highest BCUT2D eigenvalue weighted by molar-refractivity contribution is 7.15. The molecule has 0 saturated carbocycles. The van der Waals surface area contributed by atoms with Gasteiger partial charge in [0.2, 0.25) is 0 Å². The lowest BCUT2D eigenvalue weighted by Gasteiger charge is -2.12. The number of para-hydroxylation sites is 1. The van der Waals surface area contributed by atoms with E-state index in [1.165, 1.54) is 0 Å². The van der Waals surface area contributed by atoms with Gasteiger partial charge in [-0.3, -0.25) is 14.4 Å². The number of anilines is 2. The van der Waals surface area contributed by atoms with Crippen molar-refractivity contribution in [1.82, 2.24) is 14.8 Å². The van der Waals surface area contributed by atoms with Crippen molar-refractivity contribution in [2.45, 2.75) is 33.2 Å². The van der Waals surface area contributed by atoms with Gasteiger partial charge in [-0.15, -0.1) is 21.5 Å². The Labute approximate surface area is 206 Å². The number of carbonyl (C=O) groups is 1. The predicted octanol–water partition coefficient (Wildman–Crippen LogP) is 5.24. The first kappa shape index (κ1) is 22.5. The molecule has 2 aromatic carbocycles. The SMILES string of the molecule is Cc1sc2c(c1C)C(c1ccc(Nc3ccccc3C#N)cc1)=N[C@@H](CC(=O)O)c1nnc(C)n1-2. The molecule has 0 amide bonds. The van der Waals surface area contributed by atoms with Crippen LogP contribution < -0.4 is 5.32 Å². The summed E-state index contributed by atoms with van der Waals surface area (Å²) in [5.74, 6) is 0.290. The fraction of sp³-hybridized carbons (Fsp3) is 0.192. The predicted molar refractivity (Wildman–Crippen MR) is 135 cm³/mol. The van der Waals surface area contributed by atoms with Crippen LogP contribution >= 0.6 is 11.3 Å². The molecule has 1 atom stereocenters. The fourth-order valence-electron chi connectivity index (χ4n) is 4.25. The van der Waals surface area contributed by atoms with E-state index in [4.69, 9.17) is 4.99 Å². The second-order valence-electron chi connectivity index (χ2n) is 8.36. The monoisotopic (exact) mass is 482 g/mol. The highest BCUT2D eigenvalue weighted by Gasteiger charge is 2.32. The summed E-state index contributed by atoms with van der Waals surface area (Å²) in [6, 6.07) is 16.7. The van der Waals surface area contributed by atoms with Gasteiger partial charge in [0, 0.05) is 21.7 Å². The van der Waals surface area contributed by atoms with Crippen LogP contribution in [0.2, 0.25) is 0 Å². The van der Waals surface area contributed by atoms with Gasteiger partial charge in [0.25, 0.3) is 0 Å². The number of nitrogens with one attached hydrogen (secondary N) is 1. The molecule has 3 heterocycles. The van der Waals surface area contributed by atoms with Crippen LogP contribution in [-0.4, -0.2) is 31.6 Å². The molecule has 0 spiro atoms. The molecule has 0 radical (unpaired) electrons. The first-order chi connectivity index (χ1) is 16.9. The van der Waals surface area contributed by atoms with Crippen molar-refractivity contribution in [3.8, 4) is 11.1 Å². The molecule has 0 saturated heterocycles. The molecule has 1 aliphatic rings. The lowest BCUT2D eigenvalue weighted by Crippen LogP contribution is -2.10. The summed E-state index contributed by atoms with van der Waals surface area (Å²) in [4.78, 5) is 17.8. The number of aryl methyl sites for hydroxylation is 2. The lowest BCUT2D eigenvalue weighted by atomic mass is 9.99. The highest BCUT2D eigenvalue weighted by Crippen LogP contribution is 2.39. The number of nitriles is 1. The van der Waals surface area contributed by atoms with E-state index in [0.29, 0.717) is 17.2 Å². The number of aliphatic imine (C=N–C) groups is 1. The van der Waals surface area contributed by atoms with Crippen LogP contribution in [0.1, 0.15) is 51.2 Å². The molecule has 2 N–H and O–H groups in total. The number of carboxylic acid groups (broad SMARTS) is 1. The Bertz CT molecular complexity index is 1520. The zero-order chi connectivity index (χ0) is 24.7. The molecule has 1 aliphatic heterocycles. The molecule has 174 valence electrons. The molecule has 0 fully saturated rings. The molecule has 2 aromatic heterocycles. The van der Waals surface area contributed by atoms with Crippen molar-refractivity contribution in [2.24, 2.45) is 4.99 Å². The molecular formula is C26H22N6O2S. The van der Waals surface area contributed by atoms with Crippen LogP contribution in [0.4, 0.5) is 11.4 Å². The highest BCUT2D eigenvalue weighted by atomic mass is 32.1. The third-order valence-electron chi connectivity index (χ3n) is 6.09. The summed E-state index contributed by atoms with van der Waals surface area (Å²) in [6.07, 6.45) is -0.181. The standard InChI is InChI=1S/C26H22N6O2S/c1-14-15(2)35-26-23(14)24(29-21(12-22(33)34)25-31-30-16(3)32(25)26)17-8-10-19(11-9-17)28-20-7-5-4-6-18(20)13-27/h4-11,21,28H,12H2,1-3H3,(H,33,34)/t21-/m0/s1. The molecule has 0 unspecified atom stereocenters. The van der Waals surface area contributed by atoms with Gasteiger partial charge in [-0.1, -0.05) is 24.3 Å². The van der Waals surface area contributed by atoms with Crippen LogP contribution in [0.3, 0.4) is 0 Å². The minimum absolute atomic E-state index is 0.181. The van der Waals surface area contributed by atoms with Crippen LogP contribution in [0, 0.1) is 32.1 Å². The second-order valence-corrected chi connectivity index (χ2v) is 9.56. The molecule has 35 heavy (non-hydrogen) atoms. The van der Waals surface area contributed by atoms with Crippen molar-refractivity contribution >= 4 is 34.4 Å². The smallest absolute Gasteiger partial charge is 0.306 e. The first-order valence-electron chi connectivity index (χ1n) is 11.1. The van der Waals surface area contributed by atoms with Crippen LogP contribution in [0.15, 0.2) is 53.5 Å². The topological polar surface area (TPSA) is 116 Å². The van der Waals surface area contributed by atoms with Crippen LogP contribution in [0.5, 0.6) is 0 Å². The summed E-state index contributed by atoms with van der Waals surface area (Å²) in [7, 11) is 0. The van der Waals surface area contributed by atoms with Crippen molar-refractivity contribution in [3.05, 3.63) is 87.3 Å².